The molecule has 0 amide bonds. The van der Waals surface area contributed by atoms with Crippen molar-refractivity contribution in [3.05, 3.63) is 47.9 Å². The van der Waals surface area contributed by atoms with Gasteiger partial charge >= 0.3 is 0 Å². The molecule has 0 aromatic rings. The van der Waals surface area contributed by atoms with Crippen molar-refractivity contribution in [2.75, 3.05) is 6.73 Å². The molecule has 12 heavy (non-hydrogen) atoms. The van der Waals surface area contributed by atoms with Crippen LogP contribution in [0.2, 0.25) is 0 Å². The molecule has 0 bridgehead atoms. The molecule has 2 aliphatic heterocycles. The van der Waals surface area contributed by atoms with Crippen LogP contribution >= 0.6 is 0 Å². The highest BCUT2D eigenvalue weighted by Gasteiger charge is 2.28. The van der Waals surface area contributed by atoms with Gasteiger partial charge in [-0.25, -0.2) is 0 Å². The van der Waals surface area contributed by atoms with E-state index in [0.29, 0.717) is 6.73 Å². The predicted octanol–water partition coefficient (Wildman–Crippen LogP) is 1.44. The third-order valence-electron chi connectivity index (χ3n) is 2.08. The van der Waals surface area contributed by atoms with Crippen LogP contribution in [0.15, 0.2) is 47.9 Å². The maximum atomic E-state index is 5.42. The second-order valence-electron chi connectivity index (χ2n) is 2.78. The maximum absolute atomic E-state index is 5.42. The molecule has 3 rings (SSSR count). The Morgan fingerprint density at radius 1 is 1.33 bits per heavy atom. The van der Waals surface area contributed by atoms with Crippen molar-refractivity contribution in [3.63, 3.8) is 0 Å². The van der Waals surface area contributed by atoms with Crippen LogP contribution in [0.3, 0.4) is 0 Å². The number of nitrogens with zero attached hydrogens (tertiary/aromatic N) is 1. The molecule has 0 aromatic carbocycles. The Balaban J connectivity index is 2.18. The van der Waals surface area contributed by atoms with Crippen molar-refractivity contribution in [3.8, 4) is 0 Å². The minimum absolute atomic E-state index is 0.589. The lowest BCUT2D eigenvalue weighted by atomic mass is 10.2. The lowest BCUT2D eigenvalue weighted by molar-refractivity contribution is 0.184. The van der Waals surface area contributed by atoms with Crippen LogP contribution in [0.1, 0.15) is 0 Å². The van der Waals surface area contributed by atoms with E-state index in [-0.39, 0.29) is 0 Å². The van der Waals surface area contributed by atoms with Gasteiger partial charge in [0.1, 0.15) is 12.0 Å². The monoisotopic (exact) mass is 161 g/mol. The maximum Gasteiger partial charge on any atom is 0.165 e. The summed E-state index contributed by atoms with van der Waals surface area (Å²) >= 11 is 0. The molecule has 1 aliphatic carbocycles. The summed E-state index contributed by atoms with van der Waals surface area (Å²) in [7, 11) is 0. The van der Waals surface area contributed by atoms with Crippen LogP contribution in [0.4, 0.5) is 0 Å². The van der Waals surface area contributed by atoms with Crippen molar-refractivity contribution >= 4 is 0 Å². The van der Waals surface area contributed by atoms with Crippen LogP contribution in [0.25, 0.3) is 0 Å². The smallest absolute Gasteiger partial charge is 0.165 e. The summed E-state index contributed by atoms with van der Waals surface area (Å²) in [6, 6.07) is 0. The molecule has 3 heteroatoms. The van der Waals surface area contributed by atoms with Crippen LogP contribution in [0, 0.1) is 0 Å². The zero-order valence-corrected chi connectivity index (χ0v) is 6.36. The Morgan fingerprint density at radius 2 is 2.33 bits per heavy atom. The fourth-order valence-corrected chi connectivity index (χ4v) is 1.53. The summed E-state index contributed by atoms with van der Waals surface area (Å²) in [5.74, 6) is 0.941. The van der Waals surface area contributed by atoms with Crippen LogP contribution in [-0.2, 0) is 9.47 Å². The molecule has 0 N–H and O–H groups in total. The normalized spacial score (nSPS) is 23.3. The first-order chi connectivity index (χ1) is 5.95. The molecule has 0 saturated carbocycles. The Kier molecular flexibility index (Phi) is 0.961. The zero-order valence-electron chi connectivity index (χ0n) is 6.36. The third kappa shape index (κ3) is 0.605. The highest BCUT2D eigenvalue weighted by atomic mass is 16.5. The number of hydrogen-bond acceptors (Lipinski definition) is 3. The average Bonchev–Trinajstić information content (AvgIpc) is 2.57. The Labute approximate surface area is 69.9 Å². The molecule has 60 valence electrons. The molecule has 0 fully saturated rings. The van der Waals surface area contributed by atoms with E-state index in [0.717, 1.165) is 17.0 Å². The number of rotatable bonds is 0. The fraction of sp³-hybridized carbons (Fsp3) is 0.111. The van der Waals surface area contributed by atoms with Crippen LogP contribution < -0.4 is 0 Å². The van der Waals surface area contributed by atoms with E-state index in [1.807, 2.05) is 23.3 Å². The van der Waals surface area contributed by atoms with Crippen molar-refractivity contribution in [2.24, 2.45) is 0 Å². The summed E-state index contributed by atoms with van der Waals surface area (Å²) in [6.07, 6.45) is 9.20. The van der Waals surface area contributed by atoms with Gasteiger partial charge in [-0.1, -0.05) is 0 Å². The van der Waals surface area contributed by atoms with E-state index in [4.69, 9.17) is 9.47 Å². The molecule has 0 radical (unpaired) electrons. The number of allylic oxidation sites excluding steroid dienone is 2. The fourth-order valence-electron chi connectivity index (χ4n) is 1.53. The Bertz CT molecular complexity index is 350. The second-order valence-corrected chi connectivity index (χ2v) is 2.78. The van der Waals surface area contributed by atoms with E-state index in [2.05, 4.69) is 0 Å². The van der Waals surface area contributed by atoms with Crippen molar-refractivity contribution in [1.29, 1.82) is 0 Å². The molecule has 2 heterocycles. The Hall–Kier alpha value is -1.64. The van der Waals surface area contributed by atoms with Gasteiger partial charge in [0, 0.05) is 11.8 Å². The van der Waals surface area contributed by atoms with Gasteiger partial charge < -0.3 is 14.4 Å². The summed E-state index contributed by atoms with van der Waals surface area (Å²) < 4.78 is 10.6. The highest BCUT2D eigenvalue weighted by molar-refractivity contribution is 5.52. The summed E-state index contributed by atoms with van der Waals surface area (Å²) in [5.41, 5.74) is 2.19. The minimum atomic E-state index is 0.589. The molecule has 0 unspecified atom stereocenters. The van der Waals surface area contributed by atoms with E-state index >= 15 is 0 Å². The van der Waals surface area contributed by atoms with Crippen LogP contribution in [-0.4, -0.2) is 11.6 Å². The van der Waals surface area contributed by atoms with E-state index in [1.54, 1.807) is 12.5 Å². The highest BCUT2D eigenvalue weighted by Crippen LogP contribution is 2.34. The average molecular weight is 161 g/mol. The van der Waals surface area contributed by atoms with Gasteiger partial charge in [-0.05, 0) is 12.2 Å². The zero-order chi connectivity index (χ0) is 7.97. The topological polar surface area (TPSA) is 21.7 Å². The van der Waals surface area contributed by atoms with Gasteiger partial charge in [0.15, 0.2) is 6.73 Å². The van der Waals surface area contributed by atoms with Gasteiger partial charge in [0.25, 0.3) is 0 Å². The SMILES string of the molecule is C1=CN2COC3=C2C(=CO1)C=C3. The molecular formula is C9H7NO2. The molecular weight excluding hydrogens is 154 g/mol. The molecule has 0 spiro atoms. The van der Waals surface area contributed by atoms with Crippen molar-refractivity contribution < 1.29 is 9.47 Å². The van der Waals surface area contributed by atoms with Crippen molar-refractivity contribution in [1.82, 2.24) is 4.90 Å². The lowest BCUT2D eigenvalue weighted by Gasteiger charge is -2.11. The predicted molar refractivity (Wildman–Crippen MR) is 42.3 cm³/mol. The van der Waals surface area contributed by atoms with Gasteiger partial charge in [-0.3, -0.25) is 0 Å². The standard InChI is InChI=1S/C9H7NO2/c1-2-8-9-7(1)5-11-4-3-10(9)6-12-8/h1-5H,6H2. The van der Waals surface area contributed by atoms with Gasteiger partial charge in [0.05, 0.1) is 12.0 Å². The summed E-state index contributed by atoms with van der Waals surface area (Å²) in [6.45, 7) is 0.589. The number of ether oxygens (including phenoxy) is 2. The molecule has 0 saturated heterocycles. The van der Waals surface area contributed by atoms with Gasteiger partial charge in [0.2, 0.25) is 0 Å². The number of hydrogen-bond donors (Lipinski definition) is 0. The minimum Gasteiger partial charge on any atom is -0.471 e. The first-order valence-electron chi connectivity index (χ1n) is 3.79. The van der Waals surface area contributed by atoms with Gasteiger partial charge in [-0.15, -0.1) is 0 Å². The molecule has 0 atom stereocenters. The summed E-state index contributed by atoms with van der Waals surface area (Å²) in [4.78, 5) is 2.02. The second kappa shape index (κ2) is 1.94. The molecule has 3 nitrogen and oxygen atoms in total. The first kappa shape index (κ1) is 5.94. The Morgan fingerprint density at radius 3 is 3.33 bits per heavy atom. The summed E-state index contributed by atoms with van der Waals surface area (Å²) in [5, 5.41) is 0. The van der Waals surface area contributed by atoms with E-state index < -0.39 is 0 Å². The van der Waals surface area contributed by atoms with Gasteiger partial charge in [-0.2, -0.15) is 0 Å². The largest absolute Gasteiger partial charge is 0.471 e. The molecule has 3 aliphatic rings. The van der Waals surface area contributed by atoms with Crippen LogP contribution in [0.5, 0.6) is 0 Å². The van der Waals surface area contributed by atoms with Crippen molar-refractivity contribution in [2.45, 2.75) is 0 Å². The molecule has 0 aromatic heterocycles. The third-order valence-corrected chi connectivity index (χ3v) is 2.08. The lowest BCUT2D eigenvalue weighted by Crippen LogP contribution is -2.12. The first-order valence-corrected chi connectivity index (χ1v) is 3.79. The van der Waals surface area contributed by atoms with E-state index in [1.165, 1.54) is 0 Å². The quantitative estimate of drug-likeness (QED) is 0.536. The van der Waals surface area contributed by atoms with E-state index in [9.17, 15) is 0 Å².